The molecule has 0 atom stereocenters. The highest BCUT2D eigenvalue weighted by molar-refractivity contribution is 7.80. The van der Waals surface area contributed by atoms with Crippen LogP contribution in [0.4, 0.5) is 5.69 Å². The molecule has 0 spiro atoms. The molecule has 0 aliphatic heterocycles. The third-order valence-corrected chi connectivity index (χ3v) is 4.03. The number of thiocarbonyl (C=S) groups is 1. The van der Waals surface area contributed by atoms with Gasteiger partial charge in [0.1, 0.15) is 5.75 Å². The monoisotopic (exact) mass is 386 g/mol. The van der Waals surface area contributed by atoms with Crippen LogP contribution in [0.15, 0.2) is 42.5 Å². The van der Waals surface area contributed by atoms with Crippen molar-refractivity contribution in [2.75, 3.05) is 11.9 Å². The van der Waals surface area contributed by atoms with Gasteiger partial charge in [0.25, 0.3) is 5.91 Å². The van der Waals surface area contributed by atoms with E-state index in [1.54, 1.807) is 30.3 Å². The molecule has 0 heterocycles. The van der Waals surface area contributed by atoms with Gasteiger partial charge in [0, 0.05) is 11.3 Å². The molecule has 0 aromatic heterocycles. The summed E-state index contributed by atoms with van der Waals surface area (Å²) in [5, 5.41) is 14.6. The van der Waals surface area contributed by atoms with Crippen LogP contribution in [0.2, 0.25) is 0 Å². The second-order valence-corrected chi connectivity index (χ2v) is 6.38. The molecule has 2 aromatic rings. The Hall–Kier alpha value is -2.93. The van der Waals surface area contributed by atoms with Crippen molar-refractivity contribution in [3.63, 3.8) is 0 Å². The molecule has 0 fully saturated rings. The van der Waals surface area contributed by atoms with E-state index in [0.717, 1.165) is 18.4 Å². The lowest BCUT2D eigenvalue weighted by Gasteiger charge is -2.13. The predicted octanol–water partition coefficient (Wildman–Crippen LogP) is 4.00. The Morgan fingerprint density at radius 1 is 1.15 bits per heavy atom. The topological polar surface area (TPSA) is 87.7 Å². The molecule has 0 bridgehead atoms. The summed E-state index contributed by atoms with van der Waals surface area (Å²) in [6, 6.07) is 11.5. The molecule has 1 amide bonds. The normalized spacial score (nSPS) is 10.1. The van der Waals surface area contributed by atoms with Crippen molar-refractivity contribution >= 4 is 34.9 Å². The maximum atomic E-state index is 12.4. The van der Waals surface area contributed by atoms with Gasteiger partial charge in [-0.1, -0.05) is 25.5 Å². The van der Waals surface area contributed by atoms with Gasteiger partial charge in [-0.2, -0.15) is 0 Å². The minimum Gasteiger partial charge on any atom is -0.494 e. The first-order valence-electron chi connectivity index (χ1n) is 8.60. The number of unbranched alkanes of at least 4 members (excludes halogenated alkanes) is 1. The van der Waals surface area contributed by atoms with Gasteiger partial charge in [0.05, 0.1) is 12.2 Å². The first-order chi connectivity index (χ1) is 12.9. The highest BCUT2D eigenvalue weighted by Gasteiger charge is 2.11. The second-order valence-electron chi connectivity index (χ2n) is 5.97. The van der Waals surface area contributed by atoms with E-state index in [9.17, 15) is 9.59 Å². The fourth-order valence-electron chi connectivity index (χ4n) is 2.28. The maximum absolute atomic E-state index is 12.4. The minimum atomic E-state index is -1.03. The Kier molecular flexibility index (Phi) is 7.31. The van der Waals surface area contributed by atoms with Crippen molar-refractivity contribution in [3.8, 4) is 5.75 Å². The number of carboxylic acids is 1. The number of anilines is 1. The van der Waals surface area contributed by atoms with Crippen molar-refractivity contribution < 1.29 is 19.4 Å². The molecule has 2 rings (SSSR count). The van der Waals surface area contributed by atoms with Gasteiger partial charge in [-0.15, -0.1) is 0 Å². The van der Waals surface area contributed by atoms with Crippen molar-refractivity contribution in [1.29, 1.82) is 0 Å². The molecular weight excluding hydrogens is 364 g/mol. The lowest BCUT2D eigenvalue weighted by Crippen LogP contribution is -2.34. The summed E-state index contributed by atoms with van der Waals surface area (Å²) in [7, 11) is 0. The van der Waals surface area contributed by atoms with E-state index in [2.05, 4.69) is 17.6 Å². The summed E-state index contributed by atoms with van der Waals surface area (Å²) in [6.45, 7) is 4.49. The molecule has 0 saturated heterocycles. The minimum absolute atomic E-state index is 0.0861. The van der Waals surface area contributed by atoms with Crippen molar-refractivity contribution in [1.82, 2.24) is 5.32 Å². The van der Waals surface area contributed by atoms with Gasteiger partial charge < -0.3 is 15.2 Å². The third kappa shape index (κ3) is 6.07. The van der Waals surface area contributed by atoms with Gasteiger partial charge in [-0.3, -0.25) is 10.1 Å². The number of carboxylic acid groups (broad SMARTS) is 1. The number of ether oxygens (including phenoxy) is 1. The second kappa shape index (κ2) is 9.68. The number of hydrogen-bond donors (Lipinski definition) is 3. The average Bonchev–Trinajstić information content (AvgIpc) is 2.63. The van der Waals surface area contributed by atoms with E-state index in [1.165, 1.54) is 12.1 Å². The highest BCUT2D eigenvalue weighted by Crippen LogP contribution is 2.17. The molecule has 6 nitrogen and oxygen atoms in total. The smallest absolute Gasteiger partial charge is 0.335 e. The molecular formula is C20H22N2O4S. The van der Waals surface area contributed by atoms with E-state index in [1.807, 2.05) is 6.92 Å². The standard InChI is InChI=1S/C20H22N2O4S/c1-3-4-10-26-16-7-5-6-14(11-16)18(23)22-20(27)21-17-12-15(19(24)25)9-8-13(17)2/h5-9,11-12H,3-4,10H2,1-2H3,(H,24,25)(H2,21,22,23,27). The summed E-state index contributed by atoms with van der Waals surface area (Å²) in [6.07, 6.45) is 1.97. The Balaban J connectivity index is 2.02. The number of hydrogen-bond acceptors (Lipinski definition) is 4. The average molecular weight is 386 g/mol. The zero-order valence-electron chi connectivity index (χ0n) is 15.2. The number of carbonyl (C=O) groups is 2. The number of benzene rings is 2. The summed E-state index contributed by atoms with van der Waals surface area (Å²) in [5.41, 5.74) is 1.89. The van der Waals surface area contributed by atoms with E-state index in [-0.39, 0.29) is 16.6 Å². The maximum Gasteiger partial charge on any atom is 0.335 e. The van der Waals surface area contributed by atoms with Crippen LogP contribution in [0, 0.1) is 6.92 Å². The number of amides is 1. The number of carbonyl (C=O) groups excluding carboxylic acids is 1. The molecule has 3 N–H and O–H groups in total. The van der Waals surface area contributed by atoms with Crippen LogP contribution in [0.25, 0.3) is 0 Å². The molecule has 0 aliphatic rings. The Morgan fingerprint density at radius 2 is 1.93 bits per heavy atom. The highest BCUT2D eigenvalue weighted by atomic mass is 32.1. The van der Waals surface area contributed by atoms with Crippen molar-refractivity contribution in [3.05, 3.63) is 59.2 Å². The zero-order valence-corrected chi connectivity index (χ0v) is 16.1. The first kappa shape index (κ1) is 20.4. The third-order valence-electron chi connectivity index (χ3n) is 3.82. The van der Waals surface area contributed by atoms with Gasteiger partial charge in [-0.25, -0.2) is 4.79 Å². The van der Waals surface area contributed by atoms with Crippen LogP contribution >= 0.6 is 12.2 Å². The van der Waals surface area contributed by atoms with Crippen LogP contribution in [-0.2, 0) is 0 Å². The fourth-order valence-corrected chi connectivity index (χ4v) is 2.48. The van der Waals surface area contributed by atoms with Crippen molar-refractivity contribution in [2.45, 2.75) is 26.7 Å². The van der Waals surface area contributed by atoms with Crippen LogP contribution in [-0.4, -0.2) is 28.7 Å². The summed E-state index contributed by atoms with van der Waals surface area (Å²) in [4.78, 5) is 23.5. The molecule has 27 heavy (non-hydrogen) atoms. The number of nitrogens with one attached hydrogen (secondary N) is 2. The van der Waals surface area contributed by atoms with Gasteiger partial charge >= 0.3 is 5.97 Å². The lowest BCUT2D eigenvalue weighted by molar-refractivity contribution is 0.0696. The Morgan fingerprint density at radius 3 is 2.63 bits per heavy atom. The van der Waals surface area contributed by atoms with E-state index in [4.69, 9.17) is 22.1 Å². The predicted molar refractivity (Wildman–Crippen MR) is 109 cm³/mol. The first-order valence-corrected chi connectivity index (χ1v) is 9.00. The number of rotatable bonds is 7. The Labute approximate surface area is 163 Å². The molecule has 0 aliphatic carbocycles. The van der Waals surface area contributed by atoms with Gasteiger partial charge in [-0.05, 0) is 61.5 Å². The summed E-state index contributed by atoms with van der Waals surface area (Å²) in [5.74, 6) is -0.784. The van der Waals surface area contributed by atoms with Gasteiger partial charge in [0.15, 0.2) is 5.11 Å². The number of aromatic carboxylic acids is 1. The SMILES string of the molecule is CCCCOc1cccc(C(=O)NC(=S)Nc2cc(C(=O)O)ccc2C)c1. The van der Waals surface area contributed by atoms with Crippen LogP contribution < -0.4 is 15.4 Å². The van der Waals surface area contributed by atoms with E-state index < -0.39 is 5.97 Å². The lowest BCUT2D eigenvalue weighted by atomic mass is 10.1. The Bertz CT molecular complexity index is 852. The zero-order chi connectivity index (χ0) is 19.8. The summed E-state index contributed by atoms with van der Waals surface area (Å²) < 4.78 is 5.61. The van der Waals surface area contributed by atoms with Crippen molar-refractivity contribution in [2.24, 2.45) is 0 Å². The largest absolute Gasteiger partial charge is 0.494 e. The molecule has 0 saturated carbocycles. The quantitative estimate of drug-likeness (QED) is 0.492. The van der Waals surface area contributed by atoms with Crippen LogP contribution in [0.1, 0.15) is 46.0 Å². The molecule has 2 aromatic carbocycles. The van der Waals surface area contributed by atoms with Crippen LogP contribution in [0.3, 0.4) is 0 Å². The molecule has 142 valence electrons. The van der Waals surface area contributed by atoms with Crippen LogP contribution in [0.5, 0.6) is 5.75 Å². The fraction of sp³-hybridized carbons (Fsp3) is 0.250. The summed E-state index contributed by atoms with van der Waals surface area (Å²) >= 11 is 5.18. The molecule has 7 heteroatoms. The van der Waals surface area contributed by atoms with Gasteiger partial charge in [0.2, 0.25) is 0 Å². The molecule has 0 radical (unpaired) electrons. The molecule has 0 unspecified atom stereocenters. The van der Waals surface area contributed by atoms with E-state index in [0.29, 0.717) is 23.6 Å². The number of aryl methyl sites for hydroxylation is 1. The van der Waals surface area contributed by atoms with E-state index >= 15 is 0 Å².